The second kappa shape index (κ2) is 12.8. The molecular weight excluding hydrogens is 645 g/mol. The monoisotopic (exact) mass is 678 g/mol. The van der Waals surface area contributed by atoms with Crippen molar-refractivity contribution in [3.63, 3.8) is 0 Å². The van der Waals surface area contributed by atoms with Gasteiger partial charge in [0, 0.05) is 40.0 Å². The Hall–Kier alpha value is -6.70. The molecule has 0 spiro atoms. The number of hydrogen-bond donors (Lipinski definition) is 0. The lowest BCUT2D eigenvalue weighted by atomic mass is 9.70. The summed E-state index contributed by atoms with van der Waals surface area (Å²) in [7, 11) is 0. The van der Waals surface area contributed by atoms with Crippen LogP contribution in [0.1, 0.15) is 40.4 Å². The van der Waals surface area contributed by atoms with Crippen molar-refractivity contribution < 1.29 is 0 Å². The summed E-state index contributed by atoms with van der Waals surface area (Å²) in [5.74, 6) is 2.76. The average Bonchev–Trinajstić information content (AvgIpc) is 4.02. The number of aromatic nitrogens is 3. The van der Waals surface area contributed by atoms with Crippen LogP contribution in [0.5, 0.6) is 0 Å². The maximum absolute atomic E-state index is 9.55. The predicted molar refractivity (Wildman–Crippen MR) is 214 cm³/mol. The number of hydrogen-bond acceptors (Lipinski definition) is 4. The van der Waals surface area contributed by atoms with Gasteiger partial charge in [-0.25, -0.2) is 15.0 Å². The molecule has 0 bridgehead atoms. The Morgan fingerprint density at radius 2 is 1.36 bits per heavy atom. The van der Waals surface area contributed by atoms with E-state index in [2.05, 4.69) is 134 Å². The minimum atomic E-state index is 0.111. The summed E-state index contributed by atoms with van der Waals surface area (Å²) in [4.78, 5) is 14.7. The molecule has 3 unspecified atom stereocenters. The molecule has 1 aromatic heterocycles. The van der Waals surface area contributed by atoms with Crippen molar-refractivity contribution in [2.24, 2.45) is 11.8 Å². The highest BCUT2D eigenvalue weighted by Crippen LogP contribution is 2.52. The van der Waals surface area contributed by atoms with Gasteiger partial charge in [0.25, 0.3) is 0 Å². The average molecular weight is 679 g/mol. The quantitative estimate of drug-likeness (QED) is 0.179. The second-order valence-electron chi connectivity index (χ2n) is 14.2. The Kier molecular flexibility index (Phi) is 7.51. The van der Waals surface area contributed by atoms with Gasteiger partial charge in [-0.2, -0.15) is 5.26 Å². The van der Waals surface area contributed by atoms with Crippen LogP contribution in [-0.4, -0.2) is 15.0 Å². The van der Waals surface area contributed by atoms with Crippen LogP contribution in [-0.2, 0) is 6.42 Å². The molecular formula is C49H34N4. The minimum Gasteiger partial charge on any atom is -0.209 e. The predicted octanol–water partition coefficient (Wildman–Crippen LogP) is 11.1. The molecule has 0 saturated heterocycles. The van der Waals surface area contributed by atoms with E-state index in [1.165, 1.54) is 44.5 Å². The van der Waals surface area contributed by atoms with Gasteiger partial charge in [-0.3, -0.25) is 0 Å². The first-order valence-electron chi connectivity index (χ1n) is 18.3. The maximum atomic E-state index is 9.55. The number of rotatable bonds is 6. The Bertz CT molecular complexity index is 2620. The van der Waals surface area contributed by atoms with Crippen LogP contribution in [0.15, 0.2) is 175 Å². The van der Waals surface area contributed by atoms with Gasteiger partial charge < -0.3 is 0 Å². The van der Waals surface area contributed by atoms with Crippen LogP contribution in [0.25, 0.3) is 50.6 Å². The lowest BCUT2D eigenvalue weighted by Crippen LogP contribution is -2.20. The SMILES string of the molecule is N#CC1=CC(c2cccc3c2C2=C(C3)C3C=CC=CC3C(c3cccc(-c4ccc(-c5nc(C6=CC=CC6)nc(-c6ccccc6)n5)cc4)c3)=C2)C=C1. The van der Waals surface area contributed by atoms with Gasteiger partial charge in [-0.05, 0) is 75.6 Å². The molecule has 5 aliphatic rings. The highest BCUT2D eigenvalue weighted by atomic mass is 15.0. The van der Waals surface area contributed by atoms with Gasteiger partial charge in [0.1, 0.15) is 0 Å². The minimum absolute atomic E-state index is 0.111. The highest BCUT2D eigenvalue weighted by Gasteiger charge is 2.37. The fourth-order valence-corrected chi connectivity index (χ4v) is 8.51. The van der Waals surface area contributed by atoms with Crippen LogP contribution >= 0.6 is 0 Å². The Labute approximate surface area is 309 Å². The van der Waals surface area contributed by atoms with Crippen molar-refractivity contribution in [3.8, 4) is 40.0 Å². The normalized spacial score (nSPS) is 20.4. The molecule has 0 radical (unpaired) electrons. The fraction of sp³-hybridized carbons (Fsp3) is 0.102. The molecule has 0 N–H and O–H groups in total. The first kappa shape index (κ1) is 31.1. The molecule has 250 valence electrons. The third kappa shape index (κ3) is 5.50. The number of nitrogens with zero attached hydrogens (tertiary/aromatic N) is 4. The summed E-state index contributed by atoms with van der Waals surface area (Å²) in [6.07, 6.45) is 25.9. The van der Waals surface area contributed by atoms with Crippen molar-refractivity contribution in [2.75, 3.05) is 0 Å². The standard InChI is InChI=1S/C49H34N4/c50-30-31-20-21-38(26-31)40-19-9-16-39-28-44-42-18-7-6-17-41(42)43(29-45(44)46(39)40)37-15-8-14-36(27-37)32-22-24-35(25-23-32)49-52-47(33-10-2-1-3-11-33)51-48(53-49)34-12-4-5-13-34/h1-12,14-27,29,38,41-42H,13,28H2. The van der Waals surface area contributed by atoms with E-state index in [0.29, 0.717) is 17.6 Å². The number of benzene rings is 4. The lowest BCUT2D eigenvalue weighted by Gasteiger charge is -2.33. The molecule has 0 aliphatic heterocycles. The van der Waals surface area contributed by atoms with Gasteiger partial charge in [-0.15, -0.1) is 0 Å². The molecule has 10 rings (SSSR count). The largest absolute Gasteiger partial charge is 0.209 e. The molecule has 1 heterocycles. The molecule has 0 fully saturated rings. The van der Waals surface area contributed by atoms with Crippen LogP contribution in [0, 0.1) is 23.2 Å². The van der Waals surface area contributed by atoms with E-state index in [-0.39, 0.29) is 11.8 Å². The van der Waals surface area contributed by atoms with Crippen molar-refractivity contribution >= 4 is 16.7 Å². The van der Waals surface area contributed by atoms with Gasteiger partial charge >= 0.3 is 0 Å². The van der Waals surface area contributed by atoms with E-state index in [9.17, 15) is 5.26 Å². The van der Waals surface area contributed by atoms with Crippen molar-refractivity contribution in [3.05, 3.63) is 203 Å². The fourth-order valence-electron chi connectivity index (χ4n) is 8.51. The molecule has 53 heavy (non-hydrogen) atoms. The number of nitriles is 1. The zero-order valence-electron chi connectivity index (χ0n) is 29.0. The second-order valence-corrected chi connectivity index (χ2v) is 14.2. The number of fused-ring (bicyclic) bond motifs is 4. The Morgan fingerprint density at radius 3 is 2.13 bits per heavy atom. The molecule has 3 atom stereocenters. The summed E-state index contributed by atoms with van der Waals surface area (Å²) in [5, 5.41) is 9.55. The van der Waals surface area contributed by atoms with Crippen LogP contribution in [0.3, 0.4) is 0 Å². The van der Waals surface area contributed by atoms with Gasteiger partial charge in [0.05, 0.1) is 6.07 Å². The third-order valence-electron chi connectivity index (χ3n) is 11.1. The lowest BCUT2D eigenvalue weighted by molar-refractivity contribution is 0.633. The maximum Gasteiger partial charge on any atom is 0.164 e. The Balaban J connectivity index is 1.01. The Morgan fingerprint density at radius 1 is 0.642 bits per heavy atom. The summed E-state index contributed by atoms with van der Waals surface area (Å²) >= 11 is 0. The summed E-state index contributed by atoms with van der Waals surface area (Å²) in [5.41, 5.74) is 15.5. The van der Waals surface area contributed by atoms with Crippen LogP contribution < -0.4 is 0 Å². The van der Waals surface area contributed by atoms with Crippen LogP contribution in [0.2, 0.25) is 0 Å². The molecule has 5 aliphatic carbocycles. The molecule has 0 amide bonds. The molecule has 0 saturated carbocycles. The summed E-state index contributed by atoms with van der Waals surface area (Å²) in [6, 6.07) is 36.7. The van der Waals surface area contributed by atoms with E-state index in [4.69, 9.17) is 15.0 Å². The first-order valence-corrected chi connectivity index (χ1v) is 18.3. The zero-order chi connectivity index (χ0) is 35.3. The molecule has 4 nitrogen and oxygen atoms in total. The third-order valence-corrected chi connectivity index (χ3v) is 11.1. The zero-order valence-corrected chi connectivity index (χ0v) is 29.0. The van der Waals surface area contributed by atoms with Crippen molar-refractivity contribution in [2.45, 2.75) is 18.8 Å². The van der Waals surface area contributed by atoms with Crippen LogP contribution in [0.4, 0.5) is 0 Å². The topological polar surface area (TPSA) is 62.5 Å². The van der Waals surface area contributed by atoms with Gasteiger partial charge in [0.15, 0.2) is 17.5 Å². The van der Waals surface area contributed by atoms with E-state index in [1.54, 1.807) is 0 Å². The van der Waals surface area contributed by atoms with E-state index >= 15 is 0 Å². The van der Waals surface area contributed by atoms with E-state index < -0.39 is 0 Å². The summed E-state index contributed by atoms with van der Waals surface area (Å²) < 4.78 is 0. The molecule has 4 heteroatoms. The first-order chi connectivity index (χ1) is 26.2. The van der Waals surface area contributed by atoms with Crippen molar-refractivity contribution in [1.82, 2.24) is 15.0 Å². The van der Waals surface area contributed by atoms with Gasteiger partial charge in [0.2, 0.25) is 0 Å². The summed E-state index contributed by atoms with van der Waals surface area (Å²) in [6.45, 7) is 0. The van der Waals surface area contributed by atoms with Gasteiger partial charge in [-0.1, -0.05) is 151 Å². The number of allylic oxidation sites excluding steroid dienone is 16. The molecule has 4 aromatic carbocycles. The van der Waals surface area contributed by atoms with E-state index in [1.807, 2.05) is 36.4 Å². The van der Waals surface area contributed by atoms with E-state index in [0.717, 1.165) is 46.5 Å². The molecule has 5 aromatic rings. The van der Waals surface area contributed by atoms with Crippen molar-refractivity contribution in [1.29, 1.82) is 5.26 Å². The highest BCUT2D eigenvalue weighted by molar-refractivity contribution is 5.95. The smallest absolute Gasteiger partial charge is 0.164 e.